The zero-order valence-electron chi connectivity index (χ0n) is 10.7. The van der Waals surface area contributed by atoms with E-state index in [1.54, 1.807) is 19.1 Å². The first-order chi connectivity index (χ1) is 9.12. The molecule has 1 atom stereocenters. The molecule has 1 aromatic rings. The van der Waals surface area contributed by atoms with Crippen molar-refractivity contribution in [1.82, 2.24) is 0 Å². The van der Waals surface area contributed by atoms with E-state index >= 15 is 0 Å². The zero-order valence-corrected chi connectivity index (χ0v) is 10.7. The molecule has 0 saturated heterocycles. The average molecular weight is 262 g/mol. The number of carbonyl (C=O) groups is 1. The molecule has 0 aliphatic carbocycles. The Morgan fingerprint density at radius 2 is 2.32 bits per heavy atom. The Balaban J connectivity index is 2.60. The third-order valence-corrected chi connectivity index (χ3v) is 2.93. The number of rotatable bonds is 3. The number of amides is 1. The minimum Gasteiger partial charge on any atom is -0.493 e. The fourth-order valence-electron chi connectivity index (χ4n) is 2.00. The number of hydrogen-bond acceptors (Lipinski definition) is 5. The van der Waals surface area contributed by atoms with Gasteiger partial charge in [0.25, 0.3) is 5.91 Å². The number of nitrogens with zero attached hydrogens (tertiary/aromatic N) is 2. The van der Waals surface area contributed by atoms with Crippen LogP contribution in [0.4, 0.5) is 5.69 Å². The van der Waals surface area contributed by atoms with Crippen molar-refractivity contribution in [2.75, 3.05) is 18.6 Å². The fraction of sp³-hybridized carbons (Fsp3) is 0.385. The van der Waals surface area contributed by atoms with E-state index in [2.05, 4.69) is 0 Å². The maximum Gasteiger partial charge on any atom is 0.268 e. The Hall–Kier alpha value is -2.26. The van der Waals surface area contributed by atoms with Crippen molar-refractivity contribution in [3.63, 3.8) is 0 Å². The summed E-state index contributed by atoms with van der Waals surface area (Å²) in [5.41, 5.74) is 1.04. The minimum atomic E-state index is -0.672. The van der Waals surface area contributed by atoms with Gasteiger partial charge in [-0.1, -0.05) is 0 Å². The molecule has 0 spiro atoms. The van der Waals surface area contributed by atoms with Gasteiger partial charge in [-0.3, -0.25) is 9.69 Å². The summed E-state index contributed by atoms with van der Waals surface area (Å²) in [6, 6.07) is 5.22. The summed E-state index contributed by atoms with van der Waals surface area (Å²) < 4.78 is 10.7. The summed E-state index contributed by atoms with van der Waals surface area (Å²) in [5, 5.41) is 18.1. The number of carbonyl (C=O) groups excluding carboxylic acids is 1. The second kappa shape index (κ2) is 5.16. The van der Waals surface area contributed by atoms with Gasteiger partial charge >= 0.3 is 0 Å². The maximum atomic E-state index is 12.0. The van der Waals surface area contributed by atoms with Crippen LogP contribution in [0.2, 0.25) is 0 Å². The number of fused-ring (bicyclic) bond motifs is 1. The highest BCUT2D eigenvalue weighted by atomic mass is 16.5. The lowest BCUT2D eigenvalue weighted by molar-refractivity contribution is -0.125. The fourth-order valence-corrected chi connectivity index (χ4v) is 2.00. The number of benzene rings is 1. The molecule has 1 aliphatic heterocycles. The van der Waals surface area contributed by atoms with E-state index in [1.807, 2.05) is 6.07 Å². The topological polar surface area (TPSA) is 82.8 Å². The molecular formula is C13H14N2O4. The number of aliphatic hydroxyl groups is 1. The number of ether oxygens (including phenoxy) is 2. The summed E-state index contributed by atoms with van der Waals surface area (Å²) in [7, 11) is 1.48. The number of hydrogen-bond donors (Lipinski definition) is 1. The smallest absolute Gasteiger partial charge is 0.268 e. The first kappa shape index (κ1) is 13.2. The lowest BCUT2D eigenvalue weighted by Crippen LogP contribution is -2.44. The summed E-state index contributed by atoms with van der Waals surface area (Å²) in [5.74, 6) is 0.567. The molecule has 6 nitrogen and oxygen atoms in total. The normalized spacial score (nSPS) is 17.5. The Morgan fingerprint density at radius 1 is 1.58 bits per heavy atom. The Kier molecular flexibility index (Phi) is 3.58. The van der Waals surface area contributed by atoms with Crippen LogP contribution >= 0.6 is 0 Å². The van der Waals surface area contributed by atoms with Gasteiger partial charge in [-0.05, 0) is 24.6 Å². The van der Waals surface area contributed by atoms with Gasteiger partial charge in [0.15, 0.2) is 17.6 Å². The van der Waals surface area contributed by atoms with Crippen molar-refractivity contribution < 1.29 is 19.4 Å². The molecule has 1 heterocycles. The van der Waals surface area contributed by atoms with Gasteiger partial charge in [0.1, 0.15) is 6.54 Å². The van der Waals surface area contributed by atoms with Crippen molar-refractivity contribution in [3.8, 4) is 17.6 Å². The molecule has 100 valence electrons. The van der Waals surface area contributed by atoms with E-state index in [-0.39, 0.29) is 19.1 Å². The van der Waals surface area contributed by atoms with Crippen LogP contribution in [0.25, 0.3) is 0 Å². The van der Waals surface area contributed by atoms with Crippen molar-refractivity contribution in [2.24, 2.45) is 0 Å². The molecule has 0 bridgehead atoms. The van der Waals surface area contributed by atoms with E-state index < -0.39 is 6.10 Å². The van der Waals surface area contributed by atoms with E-state index in [1.165, 1.54) is 12.0 Å². The number of nitriles is 1. The molecule has 1 amide bonds. The molecule has 1 aromatic carbocycles. The average Bonchev–Trinajstić information content (AvgIpc) is 2.43. The Morgan fingerprint density at radius 3 is 2.89 bits per heavy atom. The van der Waals surface area contributed by atoms with Gasteiger partial charge in [0, 0.05) is 0 Å². The zero-order chi connectivity index (χ0) is 14.0. The predicted molar refractivity (Wildman–Crippen MR) is 67.0 cm³/mol. The van der Waals surface area contributed by atoms with E-state index in [9.17, 15) is 9.90 Å². The van der Waals surface area contributed by atoms with Gasteiger partial charge in [-0.25, -0.2) is 0 Å². The summed E-state index contributed by atoms with van der Waals surface area (Å²) in [6.07, 6.45) is -0.672. The number of methoxy groups -OCH3 is 1. The standard InChI is InChI=1S/C13H14N2O4/c1-8-13(17)15(4-3-14)10-5-9(7-16)6-11(18-2)12(10)19-8/h5-6,8,16H,4,7H2,1-2H3. The first-order valence-electron chi connectivity index (χ1n) is 5.79. The molecule has 1 unspecified atom stereocenters. The molecule has 1 aliphatic rings. The van der Waals surface area contributed by atoms with Gasteiger partial charge in [0.2, 0.25) is 0 Å². The third kappa shape index (κ3) is 2.20. The van der Waals surface area contributed by atoms with Crippen LogP contribution in [0.1, 0.15) is 12.5 Å². The molecule has 0 fully saturated rings. The summed E-state index contributed by atoms with van der Waals surface area (Å²) >= 11 is 0. The summed E-state index contributed by atoms with van der Waals surface area (Å²) in [4.78, 5) is 13.4. The Bertz CT molecular complexity index is 550. The molecule has 19 heavy (non-hydrogen) atoms. The van der Waals surface area contributed by atoms with E-state index in [0.717, 1.165) is 0 Å². The van der Waals surface area contributed by atoms with Gasteiger partial charge in [-0.15, -0.1) is 0 Å². The molecule has 1 N–H and O–H groups in total. The van der Waals surface area contributed by atoms with Crippen LogP contribution in [0.3, 0.4) is 0 Å². The van der Waals surface area contributed by atoms with Gasteiger partial charge in [-0.2, -0.15) is 5.26 Å². The lowest BCUT2D eigenvalue weighted by Gasteiger charge is -2.32. The second-order valence-corrected chi connectivity index (χ2v) is 4.15. The SMILES string of the molecule is COc1cc(CO)cc2c1OC(C)C(=O)N2CC#N. The first-order valence-corrected chi connectivity index (χ1v) is 5.79. The molecule has 6 heteroatoms. The van der Waals surface area contributed by atoms with E-state index in [4.69, 9.17) is 14.7 Å². The van der Waals surface area contributed by atoms with Gasteiger partial charge < -0.3 is 14.6 Å². The molecule has 2 rings (SSSR count). The Labute approximate surface area is 110 Å². The maximum absolute atomic E-state index is 12.0. The number of aliphatic hydroxyl groups excluding tert-OH is 1. The minimum absolute atomic E-state index is 0.0719. The van der Waals surface area contributed by atoms with Crippen molar-refractivity contribution in [2.45, 2.75) is 19.6 Å². The van der Waals surface area contributed by atoms with Crippen LogP contribution in [0.5, 0.6) is 11.5 Å². The highest BCUT2D eigenvalue weighted by molar-refractivity contribution is 6.00. The molecular weight excluding hydrogens is 248 g/mol. The quantitative estimate of drug-likeness (QED) is 0.815. The summed E-state index contributed by atoms with van der Waals surface area (Å²) in [6.45, 7) is 1.36. The second-order valence-electron chi connectivity index (χ2n) is 4.15. The molecule has 0 radical (unpaired) electrons. The molecule has 0 saturated carbocycles. The van der Waals surface area contributed by atoms with Crippen LogP contribution in [0, 0.1) is 11.3 Å². The third-order valence-electron chi connectivity index (χ3n) is 2.93. The predicted octanol–water partition coefficient (Wildman–Crippen LogP) is 0.825. The van der Waals surface area contributed by atoms with Crippen molar-refractivity contribution in [3.05, 3.63) is 17.7 Å². The number of anilines is 1. The highest BCUT2D eigenvalue weighted by Gasteiger charge is 2.33. The monoisotopic (exact) mass is 262 g/mol. The lowest BCUT2D eigenvalue weighted by atomic mass is 10.1. The highest BCUT2D eigenvalue weighted by Crippen LogP contribution is 2.42. The van der Waals surface area contributed by atoms with Crippen molar-refractivity contribution in [1.29, 1.82) is 5.26 Å². The van der Waals surface area contributed by atoms with Crippen LogP contribution in [-0.2, 0) is 11.4 Å². The molecule has 0 aromatic heterocycles. The van der Waals surface area contributed by atoms with Crippen LogP contribution in [0.15, 0.2) is 12.1 Å². The van der Waals surface area contributed by atoms with Crippen LogP contribution < -0.4 is 14.4 Å². The largest absolute Gasteiger partial charge is 0.493 e. The van der Waals surface area contributed by atoms with E-state index in [0.29, 0.717) is 22.7 Å². The van der Waals surface area contributed by atoms with Crippen molar-refractivity contribution >= 4 is 11.6 Å². The van der Waals surface area contributed by atoms with Crippen LogP contribution in [-0.4, -0.2) is 30.8 Å². The van der Waals surface area contributed by atoms with Gasteiger partial charge in [0.05, 0.1) is 25.5 Å².